The van der Waals surface area contributed by atoms with Gasteiger partial charge in [0.1, 0.15) is 0 Å². The van der Waals surface area contributed by atoms with E-state index in [1.165, 1.54) is 0 Å². The molecule has 1 aliphatic heterocycles. The summed E-state index contributed by atoms with van der Waals surface area (Å²) in [5.41, 5.74) is 0.885. The topological polar surface area (TPSA) is 48.3 Å². The van der Waals surface area contributed by atoms with Crippen molar-refractivity contribution in [3.05, 3.63) is 11.9 Å². The largest absolute Gasteiger partial charge is 0.493 e. The van der Waals surface area contributed by atoms with Gasteiger partial charge in [-0.2, -0.15) is 5.10 Å². The van der Waals surface area contributed by atoms with Crippen molar-refractivity contribution in [2.75, 3.05) is 20.3 Å². The summed E-state index contributed by atoms with van der Waals surface area (Å²) in [6.07, 6.45) is 5.03. The molecule has 5 heteroatoms. The fourth-order valence-electron chi connectivity index (χ4n) is 2.83. The number of aryl methyl sites for hydroxylation is 1. The molecular weight excluding hydrogens is 242 g/mol. The van der Waals surface area contributed by atoms with Gasteiger partial charge in [-0.15, -0.1) is 0 Å². The van der Waals surface area contributed by atoms with Gasteiger partial charge in [0.25, 0.3) is 0 Å². The number of hydrogen-bond donors (Lipinski definition) is 1. The SMILES string of the molecule is CCCNC(c1c(OC)cnn1C)C1(C)CCCO1. The first-order valence-electron chi connectivity index (χ1n) is 7.05. The quantitative estimate of drug-likeness (QED) is 0.857. The number of rotatable bonds is 6. The van der Waals surface area contributed by atoms with Gasteiger partial charge >= 0.3 is 0 Å². The fraction of sp³-hybridized carbons (Fsp3) is 0.786. The Hall–Kier alpha value is -1.07. The predicted molar refractivity (Wildman–Crippen MR) is 74.4 cm³/mol. The third kappa shape index (κ3) is 2.77. The maximum Gasteiger partial charge on any atom is 0.161 e. The van der Waals surface area contributed by atoms with Crippen LogP contribution in [0.5, 0.6) is 5.75 Å². The molecular formula is C14H25N3O2. The number of aromatic nitrogens is 2. The summed E-state index contributed by atoms with van der Waals surface area (Å²) < 4.78 is 13.4. The van der Waals surface area contributed by atoms with Crippen molar-refractivity contribution in [2.45, 2.75) is 44.8 Å². The van der Waals surface area contributed by atoms with Crippen molar-refractivity contribution in [1.82, 2.24) is 15.1 Å². The van der Waals surface area contributed by atoms with Crippen LogP contribution in [-0.2, 0) is 11.8 Å². The molecule has 2 heterocycles. The summed E-state index contributed by atoms with van der Waals surface area (Å²) in [5.74, 6) is 0.827. The standard InChI is InChI=1S/C14H25N3O2/c1-5-8-15-13(14(2)7-6-9-19-14)12-11(18-4)10-16-17(12)3/h10,13,15H,5-9H2,1-4H3. The molecule has 1 aromatic heterocycles. The molecule has 0 radical (unpaired) electrons. The van der Waals surface area contributed by atoms with Crippen molar-refractivity contribution in [2.24, 2.45) is 7.05 Å². The van der Waals surface area contributed by atoms with Gasteiger partial charge in [-0.05, 0) is 32.7 Å². The highest BCUT2D eigenvalue weighted by molar-refractivity contribution is 5.30. The van der Waals surface area contributed by atoms with Crippen molar-refractivity contribution < 1.29 is 9.47 Å². The number of nitrogens with one attached hydrogen (secondary N) is 1. The Kier molecular flexibility index (Phi) is 4.47. The van der Waals surface area contributed by atoms with E-state index in [0.29, 0.717) is 0 Å². The lowest BCUT2D eigenvalue weighted by atomic mass is 9.90. The molecule has 1 N–H and O–H groups in total. The molecule has 2 unspecified atom stereocenters. The van der Waals surface area contributed by atoms with Gasteiger partial charge in [0.15, 0.2) is 5.75 Å². The summed E-state index contributed by atoms with van der Waals surface area (Å²) in [6.45, 7) is 6.14. The van der Waals surface area contributed by atoms with E-state index in [1.807, 2.05) is 11.7 Å². The molecule has 1 saturated heterocycles. The minimum atomic E-state index is -0.184. The zero-order chi connectivity index (χ0) is 13.9. The van der Waals surface area contributed by atoms with E-state index in [2.05, 4.69) is 24.3 Å². The third-order valence-electron chi connectivity index (χ3n) is 3.90. The first kappa shape index (κ1) is 14.3. The molecule has 1 aromatic rings. The summed E-state index contributed by atoms with van der Waals surface area (Å²) in [4.78, 5) is 0. The lowest BCUT2D eigenvalue weighted by molar-refractivity contribution is -0.0151. The molecule has 0 saturated carbocycles. The smallest absolute Gasteiger partial charge is 0.161 e. The van der Waals surface area contributed by atoms with Gasteiger partial charge in [-0.3, -0.25) is 4.68 Å². The van der Waals surface area contributed by atoms with E-state index in [4.69, 9.17) is 9.47 Å². The van der Waals surface area contributed by atoms with Crippen LogP contribution >= 0.6 is 0 Å². The molecule has 0 amide bonds. The number of nitrogens with zero attached hydrogens (tertiary/aromatic N) is 2. The van der Waals surface area contributed by atoms with Gasteiger partial charge in [-0.25, -0.2) is 0 Å². The van der Waals surface area contributed by atoms with Crippen LogP contribution < -0.4 is 10.1 Å². The average molecular weight is 267 g/mol. The lowest BCUT2D eigenvalue weighted by Crippen LogP contribution is -2.42. The molecule has 5 nitrogen and oxygen atoms in total. The van der Waals surface area contributed by atoms with Crippen LogP contribution in [0.4, 0.5) is 0 Å². The second-order valence-corrected chi connectivity index (χ2v) is 5.37. The molecule has 2 rings (SSSR count). The molecule has 19 heavy (non-hydrogen) atoms. The highest BCUT2D eigenvalue weighted by atomic mass is 16.5. The van der Waals surface area contributed by atoms with Crippen molar-refractivity contribution >= 4 is 0 Å². The number of methoxy groups -OCH3 is 1. The minimum Gasteiger partial charge on any atom is -0.493 e. The average Bonchev–Trinajstić information content (AvgIpc) is 2.98. The molecule has 0 spiro atoms. The van der Waals surface area contributed by atoms with E-state index in [1.54, 1.807) is 13.3 Å². The molecule has 1 fully saturated rings. The Morgan fingerprint density at radius 1 is 1.63 bits per heavy atom. The van der Waals surface area contributed by atoms with Crippen LogP contribution in [0.2, 0.25) is 0 Å². The highest BCUT2D eigenvalue weighted by Gasteiger charge is 2.41. The molecule has 108 valence electrons. The van der Waals surface area contributed by atoms with E-state index in [9.17, 15) is 0 Å². The van der Waals surface area contributed by atoms with Crippen LogP contribution in [0.1, 0.15) is 44.8 Å². The van der Waals surface area contributed by atoms with Gasteiger partial charge in [0.05, 0.1) is 30.6 Å². The Morgan fingerprint density at radius 2 is 2.42 bits per heavy atom. The first-order chi connectivity index (χ1) is 9.12. The molecule has 0 bridgehead atoms. The number of ether oxygens (including phenoxy) is 2. The van der Waals surface area contributed by atoms with Crippen LogP contribution in [-0.4, -0.2) is 35.6 Å². The van der Waals surface area contributed by atoms with Crippen molar-refractivity contribution in [3.8, 4) is 5.75 Å². The minimum absolute atomic E-state index is 0.109. The van der Waals surface area contributed by atoms with Gasteiger partial charge in [0, 0.05) is 13.7 Å². The summed E-state index contributed by atoms with van der Waals surface area (Å²) >= 11 is 0. The summed E-state index contributed by atoms with van der Waals surface area (Å²) in [6, 6.07) is 0.109. The second-order valence-electron chi connectivity index (χ2n) is 5.37. The van der Waals surface area contributed by atoms with Crippen LogP contribution in [0, 0.1) is 0 Å². The molecule has 1 aliphatic rings. The van der Waals surface area contributed by atoms with Crippen molar-refractivity contribution in [1.29, 1.82) is 0 Å². The van der Waals surface area contributed by atoms with Crippen LogP contribution in [0.25, 0.3) is 0 Å². The fourth-order valence-corrected chi connectivity index (χ4v) is 2.83. The Morgan fingerprint density at radius 3 is 3.00 bits per heavy atom. The van der Waals surface area contributed by atoms with Crippen LogP contribution in [0.15, 0.2) is 6.20 Å². The van der Waals surface area contributed by atoms with E-state index in [-0.39, 0.29) is 11.6 Å². The Balaban J connectivity index is 2.33. The van der Waals surface area contributed by atoms with E-state index < -0.39 is 0 Å². The normalized spacial score (nSPS) is 24.6. The predicted octanol–water partition coefficient (Wildman–Crippen LogP) is 2.04. The second kappa shape index (κ2) is 5.92. The first-order valence-corrected chi connectivity index (χ1v) is 7.05. The van der Waals surface area contributed by atoms with Crippen LogP contribution in [0.3, 0.4) is 0 Å². The summed E-state index contributed by atoms with van der Waals surface area (Å²) in [5, 5.41) is 7.92. The third-order valence-corrected chi connectivity index (χ3v) is 3.90. The molecule has 0 aliphatic carbocycles. The van der Waals surface area contributed by atoms with Gasteiger partial charge < -0.3 is 14.8 Å². The lowest BCUT2D eigenvalue weighted by Gasteiger charge is -2.34. The van der Waals surface area contributed by atoms with Crippen molar-refractivity contribution in [3.63, 3.8) is 0 Å². The zero-order valence-corrected chi connectivity index (χ0v) is 12.4. The van der Waals surface area contributed by atoms with E-state index in [0.717, 1.165) is 43.9 Å². The Labute approximate surface area is 115 Å². The number of hydrogen-bond acceptors (Lipinski definition) is 4. The maximum atomic E-state index is 6.02. The van der Waals surface area contributed by atoms with E-state index >= 15 is 0 Å². The maximum absolute atomic E-state index is 6.02. The Bertz CT molecular complexity index is 411. The summed E-state index contributed by atoms with van der Waals surface area (Å²) in [7, 11) is 3.64. The molecule has 0 aromatic carbocycles. The zero-order valence-electron chi connectivity index (χ0n) is 12.4. The monoisotopic (exact) mass is 267 g/mol. The highest BCUT2D eigenvalue weighted by Crippen LogP contribution is 2.40. The van der Waals surface area contributed by atoms with Gasteiger partial charge in [0.2, 0.25) is 0 Å². The molecule has 2 atom stereocenters. The van der Waals surface area contributed by atoms with Gasteiger partial charge in [-0.1, -0.05) is 6.92 Å².